The van der Waals surface area contributed by atoms with E-state index in [4.69, 9.17) is 4.74 Å². The zero-order chi connectivity index (χ0) is 21.2. The highest BCUT2D eigenvalue weighted by molar-refractivity contribution is 7.16. The average molecular weight is 420 g/mol. The van der Waals surface area contributed by atoms with Crippen LogP contribution in [0.5, 0.6) is 0 Å². The number of rotatable bonds is 5. The third-order valence-corrected chi connectivity index (χ3v) is 5.38. The van der Waals surface area contributed by atoms with Crippen LogP contribution in [0.25, 0.3) is 10.6 Å². The van der Waals surface area contributed by atoms with Crippen molar-refractivity contribution in [2.45, 2.75) is 59.2 Å². The highest BCUT2D eigenvalue weighted by Gasteiger charge is 2.31. The van der Waals surface area contributed by atoms with Crippen LogP contribution in [0.2, 0.25) is 0 Å². The van der Waals surface area contributed by atoms with E-state index in [1.807, 2.05) is 31.6 Å². The number of nitrogens with one attached hydrogen (secondary N) is 1. The average Bonchev–Trinajstić information content (AvgIpc) is 3.32. The number of amides is 2. The van der Waals surface area contributed by atoms with Crippen molar-refractivity contribution < 1.29 is 14.3 Å². The van der Waals surface area contributed by atoms with Gasteiger partial charge in [0, 0.05) is 37.4 Å². The molecule has 1 N–H and O–H groups in total. The Bertz CT molecular complexity index is 868. The molecule has 0 aliphatic carbocycles. The van der Waals surface area contributed by atoms with Crippen LogP contribution in [-0.4, -0.2) is 56.4 Å². The fourth-order valence-corrected chi connectivity index (χ4v) is 3.88. The second-order valence-electron chi connectivity index (χ2n) is 8.76. The van der Waals surface area contributed by atoms with E-state index < -0.39 is 5.60 Å². The van der Waals surface area contributed by atoms with Gasteiger partial charge in [0.15, 0.2) is 0 Å². The Morgan fingerprint density at radius 3 is 2.79 bits per heavy atom. The third-order valence-electron chi connectivity index (χ3n) is 4.34. The number of hydrogen-bond donors (Lipinski definition) is 1. The van der Waals surface area contributed by atoms with Crippen LogP contribution in [0.1, 0.15) is 50.7 Å². The highest BCUT2D eigenvalue weighted by Crippen LogP contribution is 2.25. The van der Waals surface area contributed by atoms with Gasteiger partial charge in [-0.1, -0.05) is 13.8 Å². The van der Waals surface area contributed by atoms with Crippen molar-refractivity contribution in [2.75, 3.05) is 13.1 Å². The van der Waals surface area contributed by atoms with E-state index in [0.717, 1.165) is 17.1 Å². The maximum absolute atomic E-state index is 12.6. The van der Waals surface area contributed by atoms with Gasteiger partial charge in [0.05, 0.1) is 12.4 Å². The van der Waals surface area contributed by atoms with Gasteiger partial charge in [-0.05, 0) is 33.1 Å². The lowest BCUT2D eigenvalue weighted by Gasteiger charge is -2.24. The van der Waals surface area contributed by atoms with E-state index in [-0.39, 0.29) is 18.0 Å². The van der Waals surface area contributed by atoms with Gasteiger partial charge in [0.25, 0.3) is 5.91 Å². The molecule has 1 fully saturated rings. The number of ether oxygens (including phenoxy) is 1. The van der Waals surface area contributed by atoms with Crippen LogP contribution in [-0.2, 0) is 11.3 Å². The number of hydrogen-bond acceptors (Lipinski definition) is 6. The second kappa shape index (κ2) is 8.52. The van der Waals surface area contributed by atoms with Crippen LogP contribution >= 0.6 is 11.3 Å². The molecule has 1 aliphatic heterocycles. The molecule has 0 saturated carbocycles. The zero-order valence-electron chi connectivity index (χ0n) is 17.6. The molecule has 0 unspecified atom stereocenters. The van der Waals surface area contributed by atoms with Gasteiger partial charge in [-0.2, -0.15) is 5.10 Å². The Balaban J connectivity index is 1.56. The van der Waals surface area contributed by atoms with E-state index in [9.17, 15) is 9.59 Å². The summed E-state index contributed by atoms with van der Waals surface area (Å²) in [5.41, 5.74) is 0.382. The standard InChI is InChI=1S/C20H29N5O3S/c1-13(2)10-25-11-14(8-22-25)18-21-9-16(29-18)17(26)23-15-6-7-24(12-15)19(27)28-20(3,4)5/h8-9,11,13,15H,6-7,10,12H2,1-5H3,(H,23,26)/t15-/m0/s1. The Morgan fingerprint density at radius 1 is 1.34 bits per heavy atom. The van der Waals surface area contributed by atoms with Crippen LogP contribution in [0, 0.1) is 5.92 Å². The Morgan fingerprint density at radius 2 is 2.10 bits per heavy atom. The Kier molecular flexibility index (Phi) is 6.26. The monoisotopic (exact) mass is 419 g/mol. The molecule has 3 rings (SSSR count). The van der Waals surface area contributed by atoms with Gasteiger partial charge >= 0.3 is 6.09 Å². The summed E-state index contributed by atoms with van der Waals surface area (Å²) in [5.74, 6) is 0.339. The quantitative estimate of drug-likeness (QED) is 0.802. The maximum atomic E-state index is 12.6. The molecule has 3 heterocycles. The first-order valence-electron chi connectivity index (χ1n) is 9.88. The molecule has 8 nitrogen and oxygen atoms in total. The highest BCUT2D eigenvalue weighted by atomic mass is 32.1. The third kappa shape index (κ3) is 5.79. The van der Waals surface area contributed by atoms with Gasteiger partial charge < -0.3 is 15.0 Å². The molecule has 9 heteroatoms. The summed E-state index contributed by atoms with van der Waals surface area (Å²) in [6.45, 7) is 11.7. The molecule has 158 valence electrons. The molecular weight excluding hydrogens is 390 g/mol. The summed E-state index contributed by atoms with van der Waals surface area (Å²) in [6.07, 6.45) is 5.69. The number of thiazole rings is 1. The van der Waals surface area contributed by atoms with Crippen molar-refractivity contribution in [3.63, 3.8) is 0 Å². The zero-order valence-corrected chi connectivity index (χ0v) is 18.5. The largest absolute Gasteiger partial charge is 0.444 e. The van der Waals surface area contributed by atoms with E-state index in [0.29, 0.717) is 30.3 Å². The van der Waals surface area contributed by atoms with Gasteiger partial charge in [0.1, 0.15) is 15.5 Å². The van der Waals surface area contributed by atoms with Gasteiger partial charge in [-0.25, -0.2) is 9.78 Å². The van der Waals surface area contributed by atoms with Crippen LogP contribution in [0.4, 0.5) is 4.79 Å². The van der Waals surface area contributed by atoms with Crippen molar-refractivity contribution in [1.29, 1.82) is 0 Å². The lowest BCUT2D eigenvalue weighted by atomic mass is 10.2. The molecule has 2 aromatic heterocycles. The number of likely N-dealkylation sites (tertiary alicyclic amines) is 1. The predicted molar refractivity (Wildman–Crippen MR) is 112 cm³/mol. The van der Waals surface area contributed by atoms with E-state index in [1.165, 1.54) is 11.3 Å². The summed E-state index contributed by atoms with van der Waals surface area (Å²) >= 11 is 1.34. The number of carbonyl (C=O) groups is 2. The summed E-state index contributed by atoms with van der Waals surface area (Å²) in [5, 5.41) is 8.12. The van der Waals surface area contributed by atoms with Gasteiger partial charge in [-0.15, -0.1) is 11.3 Å². The molecular formula is C20H29N5O3S. The van der Waals surface area contributed by atoms with E-state index >= 15 is 0 Å². The second-order valence-corrected chi connectivity index (χ2v) is 9.79. The number of nitrogens with zero attached hydrogens (tertiary/aromatic N) is 4. The molecule has 2 aromatic rings. The summed E-state index contributed by atoms with van der Waals surface area (Å²) < 4.78 is 7.29. The van der Waals surface area contributed by atoms with Crippen LogP contribution < -0.4 is 5.32 Å². The smallest absolute Gasteiger partial charge is 0.410 e. The molecule has 29 heavy (non-hydrogen) atoms. The minimum atomic E-state index is -0.527. The fraction of sp³-hybridized carbons (Fsp3) is 0.600. The first-order valence-corrected chi connectivity index (χ1v) is 10.7. The van der Waals surface area contributed by atoms with Gasteiger partial charge in [0.2, 0.25) is 0 Å². The first-order chi connectivity index (χ1) is 13.6. The summed E-state index contributed by atoms with van der Waals surface area (Å²) in [7, 11) is 0. The Labute approximate surface area is 175 Å². The SMILES string of the molecule is CC(C)Cn1cc(-c2ncc(C(=O)N[C@H]3CCN(C(=O)OC(C)(C)C)C3)s2)cn1. The summed E-state index contributed by atoms with van der Waals surface area (Å²) in [6, 6.07) is -0.0886. The minimum Gasteiger partial charge on any atom is -0.444 e. The number of aromatic nitrogens is 3. The molecule has 2 amide bonds. The molecule has 1 atom stereocenters. The lowest BCUT2D eigenvalue weighted by Crippen LogP contribution is -2.40. The normalized spacial score (nSPS) is 17.0. The van der Waals surface area contributed by atoms with E-state index in [1.54, 1.807) is 17.3 Å². The van der Waals surface area contributed by atoms with Crippen molar-refractivity contribution >= 4 is 23.3 Å². The van der Waals surface area contributed by atoms with Crippen molar-refractivity contribution in [3.8, 4) is 10.6 Å². The van der Waals surface area contributed by atoms with Crippen LogP contribution in [0.3, 0.4) is 0 Å². The molecule has 1 saturated heterocycles. The summed E-state index contributed by atoms with van der Waals surface area (Å²) in [4.78, 5) is 31.3. The first kappa shape index (κ1) is 21.3. The molecule has 0 bridgehead atoms. The van der Waals surface area contributed by atoms with Crippen molar-refractivity contribution in [1.82, 2.24) is 25.0 Å². The predicted octanol–water partition coefficient (Wildman–Crippen LogP) is 3.40. The van der Waals surface area contributed by atoms with Crippen molar-refractivity contribution in [3.05, 3.63) is 23.5 Å². The maximum Gasteiger partial charge on any atom is 0.410 e. The minimum absolute atomic E-state index is 0.0886. The van der Waals surface area contributed by atoms with Gasteiger partial charge in [-0.3, -0.25) is 9.48 Å². The van der Waals surface area contributed by atoms with Crippen molar-refractivity contribution in [2.24, 2.45) is 5.92 Å². The van der Waals surface area contributed by atoms with Crippen LogP contribution in [0.15, 0.2) is 18.6 Å². The van der Waals surface area contributed by atoms with E-state index in [2.05, 4.69) is 29.2 Å². The molecule has 0 spiro atoms. The topological polar surface area (TPSA) is 89.4 Å². The molecule has 0 radical (unpaired) electrons. The molecule has 0 aromatic carbocycles. The lowest BCUT2D eigenvalue weighted by molar-refractivity contribution is 0.0290. The Hall–Kier alpha value is -2.42. The fourth-order valence-electron chi connectivity index (χ4n) is 3.09. The number of carbonyl (C=O) groups excluding carboxylic acids is 2. The molecule has 1 aliphatic rings.